The molecule has 3 aromatic rings. The highest BCUT2D eigenvalue weighted by Gasteiger charge is 2.28. The van der Waals surface area contributed by atoms with E-state index in [0.29, 0.717) is 19.4 Å². The molecule has 180 valence electrons. The second kappa shape index (κ2) is 10.9. The van der Waals surface area contributed by atoms with E-state index in [1.165, 1.54) is 17.2 Å². The van der Waals surface area contributed by atoms with Gasteiger partial charge in [0.05, 0.1) is 11.3 Å². The predicted molar refractivity (Wildman–Crippen MR) is 134 cm³/mol. The maximum atomic E-state index is 12.2. The molecule has 3 aromatic carbocycles. The summed E-state index contributed by atoms with van der Waals surface area (Å²) in [4.78, 5) is 35.8. The van der Waals surface area contributed by atoms with Gasteiger partial charge in [-0.3, -0.25) is 4.79 Å². The van der Waals surface area contributed by atoms with Gasteiger partial charge >= 0.3 is 12.1 Å². The van der Waals surface area contributed by atoms with Gasteiger partial charge in [0.25, 0.3) is 0 Å². The van der Waals surface area contributed by atoms with Gasteiger partial charge in [-0.1, -0.05) is 60.2 Å². The van der Waals surface area contributed by atoms with Gasteiger partial charge in [0.15, 0.2) is 0 Å². The first-order valence-electron chi connectivity index (χ1n) is 11.7. The molecule has 0 bridgehead atoms. The monoisotopic (exact) mass is 472 g/mol. The molecule has 0 aromatic heterocycles. The quantitative estimate of drug-likeness (QED) is 0.365. The zero-order chi connectivity index (χ0) is 24.8. The lowest BCUT2D eigenvalue weighted by molar-refractivity contribution is -0.116. The average molecular weight is 473 g/mol. The van der Waals surface area contributed by atoms with E-state index in [-0.39, 0.29) is 36.1 Å². The topological polar surface area (TPSA) is 105 Å². The number of benzene rings is 3. The first kappa shape index (κ1) is 24.0. The van der Waals surface area contributed by atoms with Crippen molar-refractivity contribution in [3.05, 3.63) is 89.0 Å². The van der Waals surface area contributed by atoms with Crippen molar-refractivity contribution < 1.29 is 24.2 Å². The summed E-state index contributed by atoms with van der Waals surface area (Å²) < 4.78 is 5.51. The molecule has 0 unspecified atom stereocenters. The fraction of sp³-hybridized carbons (Fsp3) is 0.250. The molecule has 0 atom stereocenters. The zero-order valence-corrected chi connectivity index (χ0v) is 19.5. The fourth-order valence-electron chi connectivity index (χ4n) is 4.41. The van der Waals surface area contributed by atoms with Crippen molar-refractivity contribution >= 4 is 23.7 Å². The number of hydrogen-bond acceptors (Lipinski definition) is 4. The number of alkyl carbamates (subject to hydrolysis) is 1. The number of rotatable bonds is 9. The molecule has 1 aliphatic rings. The van der Waals surface area contributed by atoms with Crippen molar-refractivity contribution in [2.75, 3.05) is 18.5 Å². The highest BCUT2D eigenvalue weighted by molar-refractivity contribution is 6.00. The Bertz CT molecular complexity index is 1210. The number of aromatic carboxylic acids is 1. The fourth-order valence-corrected chi connectivity index (χ4v) is 4.41. The summed E-state index contributed by atoms with van der Waals surface area (Å²) in [6.07, 6.45) is 0.877. The minimum absolute atomic E-state index is 0.00862. The average Bonchev–Trinajstić information content (AvgIpc) is 3.17. The van der Waals surface area contributed by atoms with Crippen molar-refractivity contribution in [2.24, 2.45) is 0 Å². The van der Waals surface area contributed by atoms with Crippen LogP contribution in [0.15, 0.2) is 66.7 Å². The number of unbranched alkanes of at least 4 members (excludes halogenated alkanes) is 1. The van der Waals surface area contributed by atoms with Crippen LogP contribution in [0, 0.1) is 6.92 Å². The van der Waals surface area contributed by atoms with Gasteiger partial charge in [-0.2, -0.15) is 0 Å². The second-order valence-corrected chi connectivity index (χ2v) is 8.61. The second-order valence-electron chi connectivity index (χ2n) is 8.61. The van der Waals surface area contributed by atoms with Gasteiger partial charge < -0.3 is 20.5 Å². The number of amides is 2. The van der Waals surface area contributed by atoms with Gasteiger partial charge in [-0.25, -0.2) is 9.59 Å². The van der Waals surface area contributed by atoms with Gasteiger partial charge in [-0.15, -0.1) is 0 Å². The maximum Gasteiger partial charge on any atom is 0.407 e. The molecule has 35 heavy (non-hydrogen) atoms. The van der Waals surface area contributed by atoms with Crippen LogP contribution in [0.3, 0.4) is 0 Å². The van der Waals surface area contributed by atoms with E-state index >= 15 is 0 Å². The summed E-state index contributed by atoms with van der Waals surface area (Å²) >= 11 is 0. The molecule has 4 rings (SSSR count). The van der Waals surface area contributed by atoms with E-state index in [1.54, 1.807) is 19.1 Å². The summed E-state index contributed by atoms with van der Waals surface area (Å²) in [5.41, 5.74) is 5.83. The lowest BCUT2D eigenvalue weighted by atomic mass is 9.98. The van der Waals surface area contributed by atoms with Crippen LogP contribution in [0.5, 0.6) is 0 Å². The number of carboxylic acids is 1. The van der Waals surface area contributed by atoms with E-state index in [0.717, 1.165) is 16.7 Å². The van der Waals surface area contributed by atoms with E-state index in [9.17, 15) is 19.5 Å². The number of fused-ring (bicyclic) bond motifs is 3. The number of carboxylic acid groups (broad SMARTS) is 1. The number of nitrogens with one attached hydrogen (secondary N) is 2. The number of carbonyl (C=O) groups excluding carboxylic acids is 2. The molecular formula is C28H28N2O5. The number of aryl methyl sites for hydroxylation is 1. The van der Waals surface area contributed by atoms with E-state index in [4.69, 9.17) is 4.74 Å². The number of carbonyl (C=O) groups is 3. The van der Waals surface area contributed by atoms with E-state index in [2.05, 4.69) is 34.9 Å². The molecule has 0 saturated carbocycles. The van der Waals surface area contributed by atoms with Gasteiger partial charge in [0.2, 0.25) is 5.91 Å². The summed E-state index contributed by atoms with van der Waals surface area (Å²) in [6.45, 7) is 2.43. The number of anilines is 1. The Morgan fingerprint density at radius 3 is 2.23 bits per heavy atom. The van der Waals surface area contributed by atoms with E-state index < -0.39 is 12.1 Å². The highest BCUT2D eigenvalue weighted by Crippen LogP contribution is 2.44. The summed E-state index contributed by atoms with van der Waals surface area (Å²) in [7, 11) is 0. The predicted octanol–water partition coefficient (Wildman–Crippen LogP) is 5.34. The normalized spacial score (nSPS) is 11.9. The molecule has 2 amide bonds. The zero-order valence-electron chi connectivity index (χ0n) is 19.5. The standard InChI is InChI=1S/C28H28N2O5/c1-18-13-14-25(23(16-18)27(32)33)30-26(31)12-6-7-15-29-28(34)35-17-24-21-10-4-2-8-19(21)20-9-3-5-11-22(20)24/h2-5,8-11,13-14,16,24H,6-7,12,15,17H2,1H3,(H,29,34)(H,30,31)(H,32,33). The van der Waals surface area contributed by atoms with Crippen LogP contribution in [0.2, 0.25) is 0 Å². The molecule has 0 aliphatic heterocycles. The third kappa shape index (κ3) is 5.69. The minimum atomic E-state index is -1.09. The lowest BCUT2D eigenvalue weighted by Gasteiger charge is -2.14. The third-order valence-corrected chi connectivity index (χ3v) is 6.12. The minimum Gasteiger partial charge on any atom is -0.478 e. The summed E-state index contributed by atoms with van der Waals surface area (Å²) in [5, 5.41) is 14.7. The Morgan fingerprint density at radius 2 is 1.57 bits per heavy atom. The van der Waals surface area contributed by atoms with Crippen LogP contribution < -0.4 is 10.6 Å². The largest absolute Gasteiger partial charge is 0.478 e. The molecule has 0 saturated heterocycles. The van der Waals surface area contributed by atoms with Crippen molar-refractivity contribution in [3.8, 4) is 11.1 Å². The van der Waals surface area contributed by atoms with Crippen LogP contribution in [0.25, 0.3) is 11.1 Å². The highest BCUT2D eigenvalue weighted by atomic mass is 16.5. The number of hydrogen-bond donors (Lipinski definition) is 3. The Morgan fingerprint density at radius 1 is 0.914 bits per heavy atom. The van der Waals surface area contributed by atoms with Gasteiger partial charge in [-0.05, 0) is 54.2 Å². The molecular weight excluding hydrogens is 444 g/mol. The smallest absolute Gasteiger partial charge is 0.407 e. The Balaban J connectivity index is 1.19. The van der Waals surface area contributed by atoms with Crippen molar-refractivity contribution in [2.45, 2.75) is 32.1 Å². The first-order chi connectivity index (χ1) is 16.9. The Hall–Kier alpha value is -4.13. The molecule has 7 heteroatoms. The Labute approximate surface area is 204 Å². The molecule has 0 spiro atoms. The molecule has 7 nitrogen and oxygen atoms in total. The van der Waals surface area contributed by atoms with E-state index in [1.807, 2.05) is 24.3 Å². The van der Waals surface area contributed by atoms with Crippen LogP contribution in [0.4, 0.5) is 10.5 Å². The van der Waals surface area contributed by atoms with Gasteiger partial charge in [0, 0.05) is 18.9 Å². The van der Waals surface area contributed by atoms with Gasteiger partial charge in [0.1, 0.15) is 6.61 Å². The van der Waals surface area contributed by atoms with Crippen LogP contribution in [0.1, 0.15) is 52.2 Å². The first-order valence-corrected chi connectivity index (χ1v) is 11.7. The van der Waals surface area contributed by atoms with Crippen molar-refractivity contribution in [1.29, 1.82) is 0 Å². The van der Waals surface area contributed by atoms with Crippen molar-refractivity contribution in [3.63, 3.8) is 0 Å². The SMILES string of the molecule is Cc1ccc(NC(=O)CCCCNC(=O)OCC2c3ccccc3-c3ccccc32)c(C(=O)O)c1. The maximum absolute atomic E-state index is 12.2. The molecule has 1 aliphatic carbocycles. The van der Waals surface area contributed by atoms with Crippen molar-refractivity contribution in [1.82, 2.24) is 5.32 Å². The van der Waals surface area contributed by atoms with Crippen LogP contribution in [-0.2, 0) is 9.53 Å². The summed E-state index contributed by atoms with van der Waals surface area (Å²) in [5.74, 6) is -1.34. The molecule has 3 N–H and O–H groups in total. The van der Waals surface area contributed by atoms with Crippen LogP contribution >= 0.6 is 0 Å². The lowest BCUT2D eigenvalue weighted by Crippen LogP contribution is -2.27. The molecule has 0 fully saturated rings. The number of ether oxygens (including phenoxy) is 1. The molecule has 0 radical (unpaired) electrons. The third-order valence-electron chi connectivity index (χ3n) is 6.12. The van der Waals surface area contributed by atoms with Crippen LogP contribution in [-0.4, -0.2) is 36.2 Å². The molecule has 0 heterocycles. The Kier molecular flexibility index (Phi) is 7.45. The summed E-state index contributed by atoms with van der Waals surface area (Å²) in [6, 6.07) is 21.2.